The molecule has 0 aliphatic carbocycles. The molecule has 0 atom stereocenters. The summed E-state index contributed by atoms with van der Waals surface area (Å²) in [5, 5.41) is 6.21. The second kappa shape index (κ2) is 9.31. The lowest BCUT2D eigenvalue weighted by atomic mass is 10.2. The molecule has 2 amide bonds. The fraction of sp³-hybridized carbons (Fsp3) is 0.222. The maximum absolute atomic E-state index is 12.2. The Hall–Kier alpha value is -2.44. The second-order valence-electron chi connectivity index (χ2n) is 5.26. The smallest absolute Gasteiger partial charge is 0.251 e. The third-order valence-electron chi connectivity index (χ3n) is 3.55. The Labute approximate surface area is 161 Å². The van der Waals surface area contributed by atoms with Gasteiger partial charge in [-0.3, -0.25) is 9.59 Å². The molecule has 0 bridgehead atoms. The highest BCUT2D eigenvalue weighted by atomic mass is 35.5. The van der Waals surface area contributed by atoms with Gasteiger partial charge in [-0.1, -0.05) is 29.3 Å². The van der Waals surface area contributed by atoms with E-state index in [-0.39, 0.29) is 19.0 Å². The van der Waals surface area contributed by atoms with Gasteiger partial charge in [-0.15, -0.1) is 0 Å². The van der Waals surface area contributed by atoms with E-state index in [0.29, 0.717) is 27.1 Å². The SMILES string of the molecule is COc1ccc(C(=O)NCC(=O)NCc2ccc(Cl)cc2Cl)cc1OC. The second-order valence-corrected chi connectivity index (χ2v) is 6.11. The van der Waals surface area contributed by atoms with Crippen LogP contribution in [0.5, 0.6) is 11.5 Å². The molecular formula is C18H18Cl2N2O4. The third-order valence-corrected chi connectivity index (χ3v) is 4.13. The first-order valence-electron chi connectivity index (χ1n) is 7.65. The zero-order valence-electron chi connectivity index (χ0n) is 14.3. The van der Waals surface area contributed by atoms with Crippen LogP contribution in [0.15, 0.2) is 36.4 Å². The van der Waals surface area contributed by atoms with Crippen molar-refractivity contribution in [1.29, 1.82) is 0 Å². The number of hydrogen-bond acceptors (Lipinski definition) is 4. The molecule has 0 aliphatic heterocycles. The minimum Gasteiger partial charge on any atom is -0.493 e. The van der Waals surface area contributed by atoms with Crippen LogP contribution in [0.3, 0.4) is 0 Å². The number of hydrogen-bond donors (Lipinski definition) is 2. The molecule has 0 unspecified atom stereocenters. The van der Waals surface area contributed by atoms with Gasteiger partial charge >= 0.3 is 0 Å². The van der Waals surface area contributed by atoms with Crippen molar-refractivity contribution in [2.75, 3.05) is 20.8 Å². The monoisotopic (exact) mass is 396 g/mol. The first-order valence-corrected chi connectivity index (χ1v) is 8.41. The number of amides is 2. The fourth-order valence-electron chi connectivity index (χ4n) is 2.16. The van der Waals surface area contributed by atoms with Crippen molar-refractivity contribution in [3.63, 3.8) is 0 Å². The van der Waals surface area contributed by atoms with Crippen molar-refractivity contribution in [2.24, 2.45) is 0 Å². The molecule has 0 saturated heterocycles. The standard InChI is InChI=1S/C18H18Cl2N2O4/c1-25-15-6-4-11(7-16(15)26-2)18(24)22-10-17(23)21-9-12-3-5-13(19)8-14(12)20/h3-8H,9-10H2,1-2H3,(H,21,23)(H,22,24). The van der Waals surface area contributed by atoms with Crippen molar-refractivity contribution in [2.45, 2.75) is 6.54 Å². The summed E-state index contributed by atoms with van der Waals surface area (Å²) < 4.78 is 10.3. The first kappa shape index (κ1) is 19.9. The lowest BCUT2D eigenvalue weighted by Gasteiger charge is -2.10. The maximum Gasteiger partial charge on any atom is 0.251 e. The van der Waals surface area contributed by atoms with Crippen molar-refractivity contribution in [3.05, 3.63) is 57.6 Å². The van der Waals surface area contributed by atoms with E-state index in [1.807, 2.05) is 0 Å². The quantitative estimate of drug-likeness (QED) is 0.753. The summed E-state index contributed by atoms with van der Waals surface area (Å²) in [6.07, 6.45) is 0. The number of carbonyl (C=O) groups is 2. The molecule has 2 aromatic carbocycles. The molecule has 0 aliphatic rings. The van der Waals surface area contributed by atoms with E-state index in [1.165, 1.54) is 14.2 Å². The summed E-state index contributed by atoms with van der Waals surface area (Å²) in [7, 11) is 2.99. The highest BCUT2D eigenvalue weighted by Crippen LogP contribution is 2.27. The summed E-state index contributed by atoms with van der Waals surface area (Å²) in [6, 6.07) is 9.77. The summed E-state index contributed by atoms with van der Waals surface area (Å²) in [6.45, 7) is 0.0689. The van der Waals surface area contributed by atoms with Crippen LogP contribution in [0, 0.1) is 0 Å². The van der Waals surface area contributed by atoms with E-state index in [0.717, 1.165) is 5.56 Å². The van der Waals surface area contributed by atoms with Crippen LogP contribution in [0.2, 0.25) is 10.0 Å². The van der Waals surface area contributed by atoms with E-state index < -0.39 is 5.91 Å². The molecule has 2 rings (SSSR count). The number of carbonyl (C=O) groups excluding carboxylic acids is 2. The van der Waals surface area contributed by atoms with Gasteiger partial charge in [0, 0.05) is 22.2 Å². The third kappa shape index (κ3) is 5.28. The van der Waals surface area contributed by atoms with Crippen LogP contribution in [0.1, 0.15) is 15.9 Å². The minimum atomic E-state index is -0.398. The van der Waals surface area contributed by atoms with Crippen molar-refractivity contribution >= 4 is 35.0 Å². The minimum absolute atomic E-state index is 0.168. The Balaban J connectivity index is 1.87. The molecular weight excluding hydrogens is 379 g/mol. The average Bonchev–Trinajstić information content (AvgIpc) is 2.64. The Kier molecular flexibility index (Phi) is 7.12. The lowest BCUT2D eigenvalue weighted by molar-refractivity contribution is -0.120. The number of rotatable bonds is 7. The van der Waals surface area contributed by atoms with Crippen molar-refractivity contribution in [3.8, 4) is 11.5 Å². The Morgan fingerprint density at radius 2 is 1.69 bits per heavy atom. The average molecular weight is 397 g/mol. The zero-order chi connectivity index (χ0) is 19.1. The maximum atomic E-state index is 12.2. The summed E-state index contributed by atoms with van der Waals surface area (Å²) >= 11 is 11.9. The van der Waals surface area contributed by atoms with E-state index in [1.54, 1.807) is 36.4 Å². The van der Waals surface area contributed by atoms with Gasteiger partial charge in [-0.25, -0.2) is 0 Å². The van der Waals surface area contributed by atoms with Gasteiger partial charge in [0.25, 0.3) is 5.91 Å². The molecule has 2 aromatic rings. The normalized spacial score (nSPS) is 10.2. The Morgan fingerprint density at radius 1 is 0.962 bits per heavy atom. The van der Waals surface area contributed by atoms with Gasteiger partial charge in [0.2, 0.25) is 5.91 Å². The van der Waals surface area contributed by atoms with E-state index in [4.69, 9.17) is 32.7 Å². The lowest BCUT2D eigenvalue weighted by Crippen LogP contribution is -2.36. The topological polar surface area (TPSA) is 76.7 Å². The van der Waals surface area contributed by atoms with Crippen molar-refractivity contribution in [1.82, 2.24) is 10.6 Å². The summed E-state index contributed by atoms with van der Waals surface area (Å²) in [4.78, 5) is 24.1. The van der Waals surface area contributed by atoms with Gasteiger partial charge < -0.3 is 20.1 Å². The molecule has 8 heteroatoms. The molecule has 0 heterocycles. The molecule has 138 valence electrons. The van der Waals surface area contributed by atoms with Gasteiger partial charge in [0.1, 0.15) is 0 Å². The van der Waals surface area contributed by atoms with Gasteiger partial charge in [-0.2, -0.15) is 0 Å². The molecule has 0 aromatic heterocycles. The molecule has 26 heavy (non-hydrogen) atoms. The van der Waals surface area contributed by atoms with Crippen LogP contribution in [-0.4, -0.2) is 32.6 Å². The van der Waals surface area contributed by atoms with E-state index in [9.17, 15) is 9.59 Å². The molecule has 0 spiro atoms. The highest BCUT2D eigenvalue weighted by Gasteiger charge is 2.12. The Morgan fingerprint density at radius 3 is 2.35 bits per heavy atom. The molecule has 0 saturated carbocycles. The number of halogens is 2. The molecule has 0 fully saturated rings. The molecule has 6 nitrogen and oxygen atoms in total. The van der Waals surface area contributed by atoms with Gasteiger partial charge in [-0.05, 0) is 35.9 Å². The van der Waals surface area contributed by atoms with E-state index >= 15 is 0 Å². The predicted molar refractivity (Wildman–Crippen MR) is 100 cm³/mol. The predicted octanol–water partition coefficient (Wildman–Crippen LogP) is 3.06. The van der Waals surface area contributed by atoms with Crippen LogP contribution in [-0.2, 0) is 11.3 Å². The number of nitrogens with one attached hydrogen (secondary N) is 2. The molecule has 2 N–H and O–H groups in total. The summed E-state index contributed by atoms with van der Waals surface area (Å²) in [5.41, 5.74) is 1.09. The van der Waals surface area contributed by atoms with Crippen LogP contribution < -0.4 is 20.1 Å². The summed E-state index contributed by atoms with van der Waals surface area (Å²) in [5.74, 6) is 0.207. The number of methoxy groups -OCH3 is 2. The van der Waals surface area contributed by atoms with Crippen LogP contribution >= 0.6 is 23.2 Å². The number of benzene rings is 2. The van der Waals surface area contributed by atoms with Crippen LogP contribution in [0.25, 0.3) is 0 Å². The molecule has 0 radical (unpaired) electrons. The zero-order valence-corrected chi connectivity index (χ0v) is 15.8. The fourth-order valence-corrected chi connectivity index (χ4v) is 2.64. The highest BCUT2D eigenvalue weighted by molar-refractivity contribution is 6.35. The van der Waals surface area contributed by atoms with E-state index in [2.05, 4.69) is 10.6 Å². The van der Waals surface area contributed by atoms with Crippen LogP contribution in [0.4, 0.5) is 0 Å². The van der Waals surface area contributed by atoms with Gasteiger partial charge in [0.15, 0.2) is 11.5 Å². The van der Waals surface area contributed by atoms with Gasteiger partial charge in [0.05, 0.1) is 20.8 Å². The largest absolute Gasteiger partial charge is 0.493 e. The van der Waals surface area contributed by atoms with Crippen molar-refractivity contribution < 1.29 is 19.1 Å². The first-order chi connectivity index (χ1) is 12.4. The Bertz CT molecular complexity index is 812. The number of ether oxygens (including phenoxy) is 2.